The lowest BCUT2D eigenvalue weighted by molar-refractivity contribution is -0.130. The molecule has 0 aliphatic carbocycles. The Morgan fingerprint density at radius 1 is 1.17 bits per heavy atom. The van der Waals surface area contributed by atoms with Crippen molar-refractivity contribution < 1.29 is 24.2 Å². The van der Waals surface area contributed by atoms with Gasteiger partial charge in [0.1, 0.15) is 17.8 Å². The molecule has 2 atom stereocenters. The van der Waals surface area contributed by atoms with E-state index in [4.69, 9.17) is 4.74 Å². The molecule has 3 amide bonds. The Morgan fingerprint density at radius 3 is 2.64 bits per heavy atom. The van der Waals surface area contributed by atoms with Crippen LogP contribution in [0.2, 0.25) is 0 Å². The average molecular weight is 554 g/mol. The average Bonchev–Trinajstić information content (AvgIpc) is 3.00. The van der Waals surface area contributed by atoms with E-state index in [0.717, 1.165) is 37.0 Å². The molecule has 188 valence electrons. The summed E-state index contributed by atoms with van der Waals surface area (Å²) in [5.74, 6) is -0.115. The van der Waals surface area contributed by atoms with Gasteiger partial charge in [-0.25, -0.2) is 4.79 Å². The SMILES string of the molecule is COc1ccc2c(Br)cccc2c1CN1C(=O)[C@@H](NC(=O)[C@H](C)N(C)C(=O)O)CCc2ccccc21. The maximum Gasteiger partial charge on any atom is 0.407 e. The fourth-order valence-corrected chi connectivity index (χ4v) is 5.02. The number of carbonyl (C=O) groups excluding carboxylic acids is 2. The van der Waals surface area contributed by atoms with Gasteiger partial charge in [-0.1, -0.05) is 46.3 Å². The van der Waals surface area contributed by atoms with Crippen LogP contribution < -0.4 is 15.0 Å². The smallest absolute Gasteiger partial charge is 0.407 e. The molecule has 0 radical (unpaired) electrons. The highest BCUT2D eigenvalue weighted by Gasteiger charge is 2.34. The van der Waals surface area contributed by atoms with Crippen LogP contribution in [0.3, 0.4) is 0 Å². The molecule has 3 aromatic carbocycles. The predicted molar refractivity (Wildman–Crippen MR) is 141 cm³/mol. The molecule has 4 rings (SSSR count). The number of nitrogens with one attached hydrogen (secondary N) is 1. The van der Waals surface area contributed by atoms with E-state index >= 15 is 0 Å². The van der Waals surface area contributed by atoms with Gasteiger partial charge in [-0.15, -0.1) is 0 Å². The molecule has 8 nitrogen and oxygen atoms in total. The molecule has 0 spiro atoms. The molecule has 0 aromatic heterocycles. The second-order valence-corrected chi connectivity index (χ2v) is 9.66. The van der Waals surface area contributed by atoms with Gasteiger partial charge in [0.2, 0.25) is 11.8 Å². The van der Waals surface area contributed by atoms with Gasteiger partial charge in [-0.2, -0.15) is 0 Å². The highest BCUT2D eigenvalue weighted by Crippen LogP contribution is 2.36. The van der Waals surface area contributed by atoms with Gasteiger partial charge in [0.05, 0.1) is 13.7 Å². The van der Waals surface area contributed by atoms with Crippen LogP contribution >= 0.6 is 15.9 Å². The molecule has 1 aliphatic heterocycles. The second kappa shape index (κ2) is 10.6. The Morgan fingerprint density at radius 2 is 1.92 bits per heavy atom. The lowest BCUT2D eigenvalue weighted by Gasteiger charge is -2.29. The van der Waals surface area contributed by atoms with Crippen LogP contribution in [0.1, 0.15) is 24.5 Å². The Hall–Kier alpha value is -3.59. The summed E-state index contributed by atoms with van der Waals surface area (Å²) >= 11 is 3.61. The molecule has 9 heteroatoms. The number of benzene rings is 3. The van der Waals surface area contributed by atoms with Gasteiger partial charge in [0.25, 0.3) is 0 Å². The zero-order valence-electron chi connectivity index (χ0n) is 20.3. The number of amides is 3. The van der Waals surface area contributed by atoms with Gasteiger partial charge in [-0.05, 0) is 60.4 Å². The number of nitrogens with zero attached hydrogens (tertiary/aromatic N) is 2. The Labute approximate surface area is 218 Å². The summed E-state index contributed by atoms with van der Waals surface area (Å²) in [6.07, 6.45) is -0.224. The summed E-state index contributed by atoms with van der Waals surface area (Å²) in [7, 11) is 2.93. The highest BCUT2D eigenvalue weighted by atomic mass is 79.9. The number of aryl methyl sites for hydroxylation is 1. The minimum Gasteiger partial charge on any atom is -0.496 e. The summed E-state index contributed by atoms with van der Waals surface area (Å²) in [6, 6.07) is 15.7. The van der Waals surface area contributed by atoms with Crippen LogP contribution in [-0.2, 0) is 22.6 Å². The zero-order chi connectivity index (χ0) is 26.0. The van der Waals surface area contributed by atoms with E-state index in [-0.39, 0.29) is 12.5 Å². The van der Waals surface area contributed by atoms with Crippen molar-refractivity contribution >= 4 is 50.3 Å². The second-order valence-electron chi connectivity index (χ2n) is 8.80. The maximum absolute atomic E-state index is 13.9. The first kappa shape index (κ1) is 25.5. The lowest BCUT2D eigenvalue weighted by atomic mass is 10.0. The van der Waals surface area contributed by atoms with Crippen molar-refractivity contribution in [3.8, 4) is 5.75 Å². The van der Waals surface area contributed by atoms with Crippen LogP contribution in [0.15, 0.2) is 59.1 Å². The summed E-state index contributed by atoms with van der Waals surface area (Å²) < 4.78 is 6.61. The molecule has 0 bridgehead atoms. The number of halogens is 1. The van der Waals surface area contributed by atoms with Crippen LogP contribution in [0.4, 0.5) is 10.5 Å². The molecule has 3 aromatic rings. The van der Waals surface area contributed by atoms with E-state index < -0.39 is 24.1 Å². The molecule has 0 unspecified atom stereocenters. The Kier molecular flexibility index (Phi) is 7.49. The van der Waals surface area contributed by atoms with Gasteiger partial charge < -0.3 is 20.1 Å². The number of hydrogen-bond acceptors (Lipinski definition) is 4. The standard InChI is InChI=1S/C27H28BrN3O5/c1-16(30(2)27(34)35)25(32)29-22-13-11-17-7-4-5-10-23(17)31(26(22)33)15-20-18-8-6-9-21(28)19(18)12-14-24(20)36-3/h4-10,12,14,16,22H,11,13,15H2,1-3H3,(H,29,32)(H,34,35)/t16-,22-/m0/s1. The number of methoxy groups -OCH3 is 1. The quantitative estimate of drug-likeness (QED) is 0.465. The highest BCUT2D eigenvalue weighted by molar-refractivity contribution is 9.10. The van der Waals surface area contributed by atoms with Gasteiger partial charge in [0.15, 0.2) is 0 Å². The van der Waals surface area contributed by atoms with E-state index in [9.17, 15) is 19.5 Å². The number of rotatable bonds is 6. The summed E-state index contributed by atoms with van der Waals surface area (Å²) in [5, 5.41) is 14.0. The molecular weight excluding hydrogens is 526 g/mol. The minimum atomic E-state index is -1.21. The van der Waals surface area contributed by atoms with Gasteiger partial charge in [0, 0.05) is 22.8 Å². The van der Waals surface area contributed by atoms with Crippen molar-refractivity contribution in [1.82, 2.24) is 10.2 Å². The largest absolute Gasteiger partial charge is 0.496 e. The summed E-state index contributed by atoms with van der Waals surface area (Å²) in [6.45, 7) is 1.74. The first-order valence-corrected chi connectivity index (χ1v) is 12.4. The first-order chi connectivity index (χ1) is 17.2. The molecule has 36 heavy (non-hydrogen) atoms. The number of ether oxygens (including phenoxy) is 1. The molecule has 0 fully saturated rings. The number of para-hydroxylation sites is 1. The van der Waals surface area contributed by atoms with Crippen LogP contribution in [0.25, 0.3) is 10.8 Å². The zero-order valence-corrected chi connectivity index (χ0v) is 21.9. The minimum absolute atomic E-state index is 0.240. The first-order valence-electron chi connectivity index (χ1n) is 11.6. The molecule has 0 saturated heterocycles. The van der Waals surface area contributed by atoms with Crippen LogP contribution in [0.5, 0.6) is 5.75 Å². The molecule has 1 heterocycles. The van der Waals surface area contributed by atoms with E-state index in [1.807, 2.05) is 54.6 Å². The van der Waals surface area contributed by atoms with E-state index in [1.165, 1.54) is 14.0 Å². The third-order valence-electron chi connectivity index (χ3n) is 6.74. The van der Waals surface area contributed by atoms with Crippen molar-refractivity contribution in [2.24, 2.45) is 0 Å². The number of likely N-dealkylation sites (N-methyl/N-ethyl adjacent to an activating group) is 1. The van der Waals surface area contributed by atoms with Crippen molar-refractivity contribution in [2.75, 3.05) is 19.1 Å². The Balaban J connectivity index is 1.73. The third kappa shape index (κ3) is 4.88. The molecule has 1 aliphatic rings. The molecular formula is C27H28BrN3O5. The number of carbonyl (C=O) groups is 3. The Bertz CT molecular complexity index is 1330. The van der Waals surface area contributed by atoms with Crippen molar-refractivity contribution in [3.05, 3.63) is 70.2 Å². The predicted octanol–water partition coefficient (Wildman–Crippen LogP) is 4.57. The topological polar surface area (TPSA) is 99.2 Å². The monoisotopic (exact) mass is 553 g/mol. The van der Waals surface area contributed by atoms with Crippen LogP contribution in [-0.4, -0.2) is 54.2 Å². The number of hydrogen-bond donors (Lipinski definition) is 2. The summed E-state index contributed by atoms with van der Waals surface area (Å²) in [5.41, 5.74) is 2.63. The van der Waals surface area contributed by atoms with E-state index in [1.54, 1.807) is 12.0 Å². The number of anilines is 1. The molecule has 2 N–H and O–H groups in total. The van der Waals surface area contributed by atoms with Crippen molar-refractivity contribution in [1.29, 1.82) is 0 Å². The lowest BCUT2D eigenvalue weighted by Crippen LogP contribution is -2.53. The normalized spacial score (nSPS) is 16.2. The van der Waals surface area contributed by atoms with E-state index in [0.29, 0.717) is 18.6 Å². The number of carboxylic acid groups (broad SMARTS) is 1. The van der Waals surface area contributed by atoms with Gasteiger partial charge in [-0.3, -0.25) is 14.5 Å². The van der Waals surface area contributed by atoms with Gasteiger partial charge >= 0.3 is 6.09 Å². The van der Waals surface area contributed by atoms with Crippen LogP contribution in [0, 0.1) is 0 Å². The van der Waals surface area contributed by atoms with Crippen molar-refractivity contribution in [2.45, 2.75) is 38.4 Å². The third-order valence-corrected chi connectivity index (χ3v) is 7.43. The summed E-state index contributed by atoms with van der Waals surface area (Å²) in [4.78, 5) is 40.7. The number of fused-ring (bicyclic) bond motifs is 2. The van der Waals surface area contributed by atoms with E-state index in [2.05, 4.69) is 21.2 Å². The fourth-order valence-electron chi connectivity index (χ4n) is 4.52. The molecule has 0 saturated carbocycles. The fraction of sp³-hybridized carbons (Fsp3) is 0.296. The van der Waals surface area contributed by atoms with Crippen molar-refractivity contribution in [3.63, 3.8) is 0 Å². The maximum atomic E-state index is 13.9.